The molecular formula is C65H32N8+2. The van der Waals surface area contributed by atoms with E-state index in [2.05, 4.69) is 138 Å². The Hall–Kier alpha value is -10.6. The van der Waals surface area contributed by atoms with Gasteiger partial charge in [0.1, 0.15) is 0 Å². The summed E-state index contributed by atoms with van der Waals surface area (Å²) in [7, 11) is 0. The number of aromatic nitrogens is 2. The van der Waals surface area contributed by atoms with Gasteiger partial charge >= 0.3 is 5.91 Å². The summed E-state index contributed by atoms with van der Waals surface area (Å²) >= 11 is 0. The lowest BCUT2D eigenvalue weighted by Crippen LogP contribution is -2.71. The molecule has 1 unspecified atom stereocenters. The lowest BCUT2D eigenvalue weighted by molar-refractivity contribution is -0.790. The molecule has 0 amide bonds. The molecule has 2 aromatic heterocycles. The lowest BCUT2D eigenvalue weighted by atomic mass is 10.0. The SMILES string of the molecule is C(#Cc1ccc2c(c1)C1=Nc3c4ccc(C#Cc5ccccc5)cc4c4n3C35n6c(c7ccc(C#Cc8ccccc8)cc7c6=NC2=[N+]13)=NC1=[N+]5C(=N4)c2ccc(C#Cc3ccccc3)cc21)c1ccccc1. The van der Waals surface area contributed by atoms with Gasteiger partial charge < -0.3 is 0 Å². The van der Waals surface area contributed by atoms with Gasteiger partial charge in [-0.25, -0.2) is 0 Å². The number of amidine groups is 4. The maximum Gasteiger partial charge on any atom is 0.404 e. The number of rotatable bonds is 0. The first-order valence-corrected chi connectivity index (χ1v) is 24.1. The summed E-state index contributed by atoms with van der Waals surface area (Å²) in [6.45, 7) is 0. The average Bonchev–Trinajstić information content (AvgIpc) is 4.17. The number of hydrogen-bond donors (Lipinski definition) is 0. The van der Waals surface area contributed by atoms with E-state index in [-0.39, 0.29) is 0 Å². The third-order valence-electron chi connectivity index (χ3n) is 14.2. The number of nitrogens with zero attached hydrogens (tertiary/aromatic N) is 8. The minimum atomic E-state index is -1.22. The minimum absolute atomic E-state index is 0.764. The van der Waals surface area contributed by atoms with Gasteiger partial charge in [0.2, 0.25) is 22.6 Å². The van der Waals surface area contributed by atoms with Crippen LogP contribution in [-0.4, -0.2) is 41.6 Å². The molecule has 1 atom stereocenters. The van der Waals surface area contributed by atoms with Crippen molar-refractivity contribution in [3.05, 3.63) is 272 Å². The molecular weight excluding hydrogens is 893 g/mol. The molecule has 8 nitrogen and oxygen atoms in total. The molecule has 16 rings (SSSR count). The highest BCUT2D eigenvalue weighted by molar-refractivity contribution is 6.20. The van der Waals surface area contributed by atoms with Gasteiger partial charge in [0.25, 0.3) is 23.3 Å². The highest BCUT2D eigenvalue weighted by Gasteiger charge is 2.69. The maximum atomic E-state index is 5.71. The molecule has 73 heavy (non-hydrogen) atoms. The second-order valence-electron chi connectivity index (χ2n) is 18.5. The molecule has 1 spiro atoms. The molecule has 6 aliphatic heterocycles. The molecule has 0 saturated heterocycles. The van der Waals surface area contributed by atoms with E-state index in [4.69, 9.17) is 20.0 Å². The monoisotopic (exact) mass is 924 g/mol. The highest BCUT2D eigenvalue weighted by atomic mass is 15.7. The van der Waals surface area contributed by atoms with E-state index in [1.807, 2.05) is 121 Å². The zero-order valence-corrected chi connectivity index (χ0v) is 38.6. The van der Waals surface area contributed by atoms with Crippen LogP contribution in [0, 0.1) is 47.4 Å². The van der Waals surface area contributed by atoms with Crippen LogP contribution in [0.2, 0.25) is 0 Å². The van der Waals surface area contributed by atoms with E-state index in [1.165, 1.54) is 0 Å². The second kappa shape index (κ2) is 14.7. The number of benzene rings is 8. The van der Waals surface area contributed by atoms with Gasteiger partial charge in [-0.1, -0.05) is 140 Å². The Morgan fingerprint density at radius 2 is 0.699 bits per heavy atom. The van der Waals surface area contributed by atoms with Gasteiger partial charge in [0.15, 0.2) is 0 Å². The van der Waals surface area contributed by atoms with Crippen molar-refractivity contribution < 1.29 is 9.15 Å². The van der Waals surface area contributed by atoms with E-state index in [1.54, 1.807) is 0 Å². The molecule has 0 aliphatic carbocycles. The van der Waals surface area contributed by atoms with Gasteiger partial charge in [-0.3, -0.25) is 0 Å². The van der Waals surface area contributed by atoms with Gasteiger partial charge in [-0.05, 0) is 121 Å². The first-order valence-electron chi connectivity index (χ1n) is 24.1. The van der Waals surface area contributed by atoms with Crippen molar-refractivity contribution in [2.24, 2.45) is 20.0 Å². The average molecular weight is 925 g/mol. The molecule has 10 aromatic rings. The summed E-state index contributed by atoms with van der Waals surface area (Å²) in [5, 5.41) is 3.79. The van der Waals surface area contributed by atoms with Crippen molar-refractivity contribution in [3.8, 4) is 47.4 Å². The fourth-order valence-corrected chi connectivity index (χ4v) is 11.1. The largest absolute Gasteiger partial charge is 0.404 e. The molecule has 8 aromatic carbocycles. The Morgan fingerprint density at radius 3 is 1.25 bits per heavy atom. The Bertz CT molecular complexity index is 4770. The van der Waals surface area contributed by atoms with Crippen LogP contribution in [0.5, 0.6) is 0 Å². The van der Waals surface area contributed by atoms with Crippen LogP contribution in [0.4, 0.5) is 11.6 Å². The van der Waals surface area contributed by atoms with Crippen LogP contribution in [0.1, 0.15) is 66.8 Å². The first kappa shape index (κ1) is 39.2. The van der Waals surface area contributed by atoms with Crippen LogP contribution in [0.15, 0.2) is 214 Å². The summed E-state index contributed by atoms with van der Waals surface area (Å²) in [5.41, 5.74) is 12.6. The number of aliphatic imine (C=N–C) groups is 2. The number of fused-ring (bicyclic) bond motifs is 12. The third-order valence-corrected chi connectivity index (χ3v) is 14.2. The van der Waals surface area contributed by atoms with Crippen molar-refractivity contribution in [3.63, 3.8) is 0 Å². The van der Waals surface area contributed by atoms with Crippen molar-refractivity contribution >= 4 is 56.5 Å². The van der Waals surface area contributed by atoms with E-state index < -0.39 is 5.91 Å². The summed E-state index contributed by atoms with van der Waals surface area (Å²) in [4.78, 5) is 22.9. The molecule has 0 radical (unpaired) electrons. The van der Waals surface area contributed by atoms with E-state index in [0.717, 1.165) is 134 Å². The first-order chi connectivity index (χ1) is 36.2. The Labute approximate surface area is 418 Å². The maximum absolute atomic E-state index is 5.71. The standard InChI is InChI=1S/C65H32N8/c1-5-13-41(14-6-1)21-25-45-29-33-49-53(37-45)61-66-58-50-34-30-46(26-22-42-15-7-2-8-16-42)38-54(50)63-68-60-52-36-32-48(28-24-44-19-11-4-12-20-44)40-56(52)64-69-59-51-35-31-47(27-23-43-17-9-3-10-18-43)39-55(51)62-67-57(49)70(61)65(71(58)63,72(59)62)73(60)64/h1-20,29-40H/q+2. The molecule has 0 N–H and O–H groups in total. The molecule has 6 aliphatic rings. The Morgan fingerprint density at radius 1 is 0.301 bits per heavy atom. The third kappa shape index (κ3) is 5.55. The van der Waals surface area contributed by atoms with Gasteiger partial charge in [0.05, 0.1) is 22.3 Å². The Balaban J connectivity index is 1.02. The second-order valence-corrected chi connectivity index (χ2v) is 18.5. The van der Waals surface area contributed by atoms with Crippen LogP contribution < -0.4 is 11.0 Å². The van der Waals surface area contributed by atoms with Crippen LogP contribution in [0.25, 0.3) is 21.5 Å². The van der Waals surface area contributed by atoms with E-state index in [9.17, 15) is 0 Å². The predicted molar refractivity (Wildman–Crippen MR) is 283 cm³/mol. The van der Waals surface area contributed by atoms with Crippen LogP contribution in [-0.2, 0) is 5.91 Å². The molecule has 8 heterocycles. The van der Waals surface area contributed by atoms with Crippen LogP contribution >= 0.6 is 0 Å². The van der Waals surface area contributed by atoms with Gasteiger partial charge in [0, 0.05) is 66.1 Å². The highest BCUT2D eigenvalue weighted by Crippen LogP contribution is 2.53. The summed E-state index contributed by atoms with van der Waals surface area (Å²) in [6.07, 6.45) is 0. The van der Waals surface area contributed by atoms with Crippen molar-refractivity contribution in [1.29, 1.82) is 0 Å². The fraction of sp³-hybridized carbons (Fsp3) is 0.0154. The summed E-state index contributed by atoms with van der Waals surface area (Å²) in [6, 6.07) is 66.0. The lowest BCUT2D eigenvalue weighted by Gasteiger charge is -2.40. The zero-order chi connectivity index (χ0) is 47.8. The summed E-state index contributed by atoms with van der Waals surface area (Å²) in [5.74, 6) is 30.8. The molecule has 0 fully saturated rings. The van der Waals surface area contributed by atoms with Gasteiger partial charge in [-0.15, -0.1) is 9.15 Å². The van der Waals surface area contributed by atoms with E-state index >= 15 is 0 Å². The normalized spacial score (nSPS) is 15.8. The smallest absolute Gasteiger partial charge is 0.192 e. The molecule has 0 saturated carbocycles. The molecule has 330 valence electrons. The van der Waals surface area contributed by atoms with E-state index in [0.29, 0.717) is 0 Å². The van der Waals surface area contributed by atoms with Gasteiger partial charge in [-0.2, -0.15) is 9.13 Å². The Kier molecular flexibility index (Phi) is 7.90. The fourth-order valence-electron chi connectivity index (χ4n) is 11.1. The minimum Gasteiger partial charge on any atom is -0.192 e. The van der Waals surface area contributed by atoms with Crippen LogP contribution in [0.3, 0.4) is 0 Å². The summed E-state index contributed by atoms with van der Waals surface area (Å²) < 4.78 is 9.26. The topological polar surface area (TPSA) is 65.3 Å². The zero-order valence-electron chi connectivity index (χ0n) is 38.6. The quantitative estimate of drug-likeness (QED) is 0.108. The van der Waals surface area contributed by atoms with Crippen molar-refractivity contribution in [2.75, 3.05) is 0 Å². The number of hydrogen-bond acceptors (Lipinski definition) is 4. The molecule has 8 heteroatoms. The molecule has 0 bridgehead atoms. The van der Waals surface area contributed by atoms with Crippen molar-refractivity contribution in [1.82, 2.24) is 9.13 Å². The van der Waals surface area contributed by atoms with Crippen molar-refractivity contribution in [2.45, 2.75) is 5.91 Å². The predicted octanol–water partition coefficient (Wildman–Crippen LogP) is 9.31.